The molecule has 0 radical (unpaired) electrons. The first-order valence-electron chi connectivity index (χ1n) is 9.06. The summed E-state index contributed by atoms with van der Waals surface area (Å²) < 4.78 is 19.7. The van der Waals surface area contributed by atoms with Crippen molar-refractivity contribution in [3.05, 3.63) is 57.5 Å². The molecule has 1 atom stereocenters. The highest BCUT2D eigenvalue weighted by Gasteiger charge is 2.29. The third kappa shape index (κ3) is 4.05. The number of amides is 1. The molecule has 1 fully saturated rings. The molecule has 28 heavy (non-hydrogen) atoms. The molecule has 2 heterocycles. The van der Waals surface area contributed by atoms with Crippen LogP contribution in [0.4, 0.5) is 4.39 Å². The molecule has 0 spiro atoms. The molecule has 150 valence electrons. The molecule has 0 saturated carbocycles. The Morgan fingerprint density at radius 3 is 2.79 bits per heavy atom. The fourth-order valence-corrected chi connectivity index (χ4v) is 3.19. The van der Waals surface area contributed by atoms with Gasteiger partial charge in [0.05, 0.1) is 19.3 Å². The first-order chi connectivity index (χ1) is 13.4. The topological polar surface area (TPSA) is 96.7 Å². The number of aromatic nitrogens is 2. The zero-order valence-corrected chi connectivity index (χ0v) is 15.8. The summed E-state index contributed by atoms with van der Waals surface area (Å²) in [4.78, 5) is 31.4. The number of likely N-dealkylation sites (N-methyl/N-ethyl adjacent to an activating group) is 1. The van der Waals surface area contributed by atoms with Gasteiger partial charge in [-0.15, -0.1) is 0 Å². The van der Waals surface area contributed by atoms with Gasteiger partial charge in [-0.3, -0.25) is 19.1 Å². The predicted octanol–water partition coefficient (Wildman–Crippen LogP) is 0.948. The van der Waals surface area contributed by atoms with E-state index in [1.54, 1.807) is 0 Å². The van der Waals surface area contributed by atoms with Crippen LogP contribution in [0.25, 0.3) is 0 Å². The fourth-order valence-electron chi connectivity index (χ4n) is 3.19. The van der Waals surface area contributed by atoms with E-state index in [4.69, 9.17) is 4.74 Å². The third-order valence-corrected chi connectivity index (χ3v) is 4.83. The van der Waals surface area contributed by atoms with E-state index in [9.17, 15) is 19.1 Å². The number of carbonyl (C=O) groups is 1. The van der Waals surface area contributed by atoms with Crippen LogP contribution in [0.1, 0.15) is 34.8 Å². The van der Waals surface area contributed by atoms with Crippen LogP contribution in [0.3, 0.4) is 0 Å². The Balaban J connectivity index is 1.87. The van der Waals surface area contributed by atoms with E-state index in [-0.39, 0.29) is 24.1 Å². The lowest BCUT2D eigenvalue weighted by molar-refractivity contribution is -0.0106. The molecule has 2 N–H and O–H groups in total. The number of hydrogen-bond acceptors (Lipinski definition) is 6. The zero-order chi connectivity index (χ0) is 20.3. The number of hydrogen-bond donors (Lipinski definition) is 2. The summed E-state index contributed by atoms with van der Waals surface area (Å²) in [6.45, 7) is 4.45. The van der Waals surface area contributed by atoms with Gasteiger partial charge in [0.15, 0.2) is 5.69 Å². The molecule has 0 aliphatic carbocycles. The quantitative estimate of drug-likeness (QED) is 0.789. The standard InChI is InChI=1S/C19H23FN4O4/c1-3-24-8-9-28-11-14(24)17-22-15(16(25)19(27)23(17)2)18(26)21-10-12-4-6-13(20)7-5-12/h4-7,14,25H,3,8-11H2,1-2H3,(H,21,26). The zero-order valence-electron chi connectivity index (χ0n) is 15.8. The average Bonchev–Trinajstić information content (AvgIpc) is 2.71. The molecule has 3 rings (SSSR count). The van der Waals surface area contributed by atoms with Crippen molar-refractivity contribution in [3.8, 4) is 5.75 Å². The highest BCUT2D eigenvalue weighted by molar-refractivity contribution is 5.94. The highest BCUT2D eigenvalue weighted by Crippen LogP contribution is 2.23. The summed E-state index contributed by atoms with van der Waals surface area (Å²) in [6.07, 6.45) is 0. The summed E-state index contributed by atoms with van der Waals surface area (Å²) in [5, 5.41) is 12.8. The molecule has 1 aliphatic heterocycles. The van der Waals surface area contributed by atoms with Crippen LogP contribution in [0.5, 0.6) is 5.75 Å². The van der Waals surface area contributed by atoms with Crippen molar-refractivity contribution in [3.63, 3.8) is 0 Å². The van der Waals surface area contributed by atoms with E-state index in [1.165, 1.54) is 35.9 Å². The minimum Gasteiger partial charge on any atom is -0.501 e. The van der Waals surface area contributed by atoms with Crippen LogP contribution in [0.2, 0.25) is 0 Å². The molecule has 1 amide bonds. The Kier molecular flexibility index (Phi) is 6.05. The molecule has 9 heteroatoms. The van der Waals surface area contributed by atoms with Gasteiger partial charge in [0.25, 0.3) is 11.5 Å². The lowest BCUT2D eigenvalue weighted by atomic mass is 10.2. The second-order valence-corrected chi connectivity index (χ2v) is 6.56. The summed E-state index contributed by atoms with van der Waals surface area (Å²) in [6, 6.07) is 5.36. The third-order valence-electron chi connectivity index (χ3n) is 4.83. The van der Waals surface area contributed by atoms with Crippen molar-refractivity contribution >= 4 is 5.91 Å². The maximum atomic E-state index is 13.0. The molecule has 1 unspecified atom stereocenters. The summed E-state index contributed by atoms with van der Waals surface area (Å²) in [5.74, 6) is -1.40. The maximum absolute atomic E-state index is 13.0. The minimum atomic E-state index is -0.706. The molecule has 0 bridgehead atoms. The molecule has 2 aromatic rings. The van der Waals surface area contributed by atoms with E-state index in [0.29, 0.717) is 31.1 Å². The van der Waals surface area contributed by atoms with E-state index >= 15 is 0 Å². The van der Waals surface area contributed by atoms with Gasteiger partial charge in [-0.05, 0) is 24.2 Å². The summed E-state index contributed by atoms with van der Waals surface area (Å²) in [7, 11) is 1.51. The average molecular weight is 390 g/mol. The van der Waals surface area contributed by atoms with Crippen molar-refractivity contribution in [1.29, 1.82) is 0 Å². The van der Waals surface area contributed by atoms with Crippen molar-refractivity contribution in [1.82, 2.24) is 19.8 Å². The van der Waals surface area contributed by atoms with Crippen molar-refractivity contribution < 1.29 is 19.0 Å². The molecule has 1 saturated heterocycles. The second kappa shape index (κ2) is 8.49. The van der Waals surface area contributed by atoms with Gasteiger partial charge in [0.1, 0.15) is 11.6 Å². The van der Waals surface area contributed by atoms with Crippen LogP contribution < -0.4 is 10.9 Å². The molecule has 1 aromatic heterocycles. The first-order valence-corrected chi connectivity index (χ1v) is 9.06. The van der Waals surface area contributed by atoms with E-state index in [1.807, 2.05) is 6.92 Å². The van der Waals surface area contributed by atoms with E-state index < -0.39 is 17.2 Å². The second-order valence-electron chi connectivity index (χ2n) is 6.56. The van der Waals surface area contributed by atoms with Crippen LogP contribution in [-0.2, 0) is 18.3 Å². The lowest BCUT2D eigenvalue weighted by Gasteiger charge is -2.34. The normalized spacial score (nSPS) is 17.5. The molecular weight excluding hydrogens is 367 g/mol. The number of ether oxygens (including phenoxy) is 1. The minimum absolute atomic E-state index is 0.110. The van der Waals surface area contributed by atoms with Gasteiger partial charge < -0.3 is 15.2 Å². The Bertz CT molecular complexity index is 913. The summed E-state index contributed by atoms with van der Waals surface area (Å²) >= 11 is 0. The number of carbonyl (C=O) groups excluding carboxylic acids is 1. The van der Waals surface area contributed by atoms with Crippen molar-refractivity contribution in [2.45, 2.75) is 19.5 Å². The maximum Gasteiger partial charge on any atom is 0.296 e. The van der Waals surface area contributed by atoms with Crippen molar-refractivity contribution in [2.75, 3.05) is 26.3 Å². The van der Waals surface area contributed by atoms with Crippen LogP contribution >= 0.6 is 0 Å². The number of nitrogens with zero attached hydrogens (tertiary/aromatic N) is 3. The Morgan fingerprint density at radius 1 is 1.39 bits per heavy atom. The first kappa shape index (κ1) is 20.0. The number of aromatic hydroxyl groups is 1. The van der Waals surface area contributed by atoms with Gasteiger partial charge in [0.2, 0.25) is 5.75 Å². The van der Waals surface area contributed by atoms with E-state index in [0.717, 1.165) is 6.54 Å². The molecule has 1 aliphatic rings. The largest absolute Gasteiger partial charge is 0.501 e. The Hall–Kier alpha value is -2.78. The number of morpholine rings is 1. The fraction of sp³-hybridized carbons (Fsp3) is 0.421. The van der Waals surface area contributed by atoms with Crippen LogP contribution in [-0.4, -0.2) is 51.8 Å². The SMILES string of the molecule is CCN1CCOCC1c1nc(C(=O)NCc2ccc(F)cc2)c(O)c(=O)n1C. The Morgan fingerprint density at radius 2 is 2.11 bits per heavy atom. The van der Waals surface area contributed by atoms with Crippen LogP contribution in [0.15, 0.2) is 29.1 Å². The van der Waals surface area contributed by atoms with Gasteiger partial charge in [-0.1, -0.05) is 19.1 Å². The predicted molar refractivity (Wildman–Crippen MR) is 99.5 cm³/mol. The molecule has 1 aromatic carbocycles. The monoisotopic (exact) mass is 390 g/mol. The smallest absolute Gasteiger partial charge is 0.296 e. The van der Waals surface area contributed by atoms with Gasteiger partial charge in [-0.2, -0.15) is 0 Å². The number of benzene rings is 1. The number of nitrogens with one attached hydrogen (secondary N) is 1. The van der Waals surface area contributed by atoms with Crippen molar-refractivity contribution in [2.24, 2.45) is 7.05 Å². The number of halogens is 1. The van der Waals surface area contributed by atoms with Crippen LogP contribution in [0, 0.1) is 5.82 Å². The van der Waals surface area contributed by atoms with Gasteiger partial charge in [0, 0.05) is 20.1 Å². The van der Waals surface area contributed by atoms with Gasteiger partial charge >= 0.3 is 0 Å². The summed E-state index contributed by atoms with van der Waals surface area (Å²) in [5.41, 5.74) is -0.350. The highest BCUT2D eigenvalue weighted by atomic mass is 19.1. The molecular formula is C19H23FN4O4. The lowest BCUT2D eigenvalue weighted by Crippen LogP contribution is -2.43. The number of rotatable bonds is 5. The van der Waals surface area contributed by atoms with Gasteiger partial charge in [-0.25, -0.2) is 9.37 Å². The Labute approximate surface area is 161 Å². The van der Waals surface area contributed by atoms with E-state index in [2.05, 4.69) is 15.2 Å². The molecule has 8 nitrogen and oxygen atoms in total.